The van der Waals surface area contributed by atoms with Gasteiger partial charge in [-0.3, -0.25) is 19.7 Å². The van der Waals surface area contributed by atoms with E-state index < -0.39 is 28.7 Å². The van der Waals surface area contributed by atoms with Crippen LogP contribution < -0.4 is 4.74 Å². The van der Waals surface area contributed by atoms with E-state index in [1.165, 1.54) is 12.1 Å². The summed E-state index contributed by atoms with van der Waals surface area (Å²) < 4.78 is 5.27. The van der Waals surface area contributed by atoms with E-state index in [0.717, 1.165) is 6.07 Å². The fraction of sp³-hybridized carbons (Fsp3) is 0.333. The van der Waals surface area contributed by atoms with Crippen molar-refractivity contribution in [3.63, 3.8) is 0 Å². The molecule has 0 spiro atoms. The molecule has 0 radical (unpaired) electrons. The maximum Gasteiger partial charge on any atom is 0.315 e. The van der Waals surface area contributed by atoms with Gasteiger partial charge in [-0.25, -0.2) is 0 Å². The summed E-state index contributed by atoms with van der Waals surface area (Å²) >= 11 is 0. The third kappa shape index (κ3) is 2.15. The number of fused-ring (bicyclic) bond motifs is 1. The van der Waals surface area contributed by atoms with Crippen LogP contribution in [0.2, 0.25) is 0 Å². The van der Waals surface area contributed by atoms with Crippen LogP contribution in [0.1, 0.15) is 18.4 Å². The third-order valence-corrected chi connectivity index (χ3v) is 3.34. The van der Waals surface area contributed by atoms with Crippen molar-refractivity contribution in [1.29, 1.82) is 0 Å². The van der Waals surface area contributed by atoms with Crippen molar-refractivity contribution in [2.24, 2.45) is 0 Å². The van der Waals surface area contributed by atoms with Crippen molar-refractivity contribution in [2.75, 3.05) is 6.61 Å². The van der Waals surface area contributed by atoms with Gasteiger partial charge in [0.25, 0.3) is 5.69 Å². The van der Waals surface area contributed by atoms with Crippen LogP contribution in [0.5, 0.6) is 5.75 Å². The number of nitrogens with zero attached hydrogens (tertiary/aromatic N) is 1. The molecular formula is C12H11NO7. The molecule has 2 rings (SSSR count). The Labute approximate surface area is 112 Å². The van der Waals surface area contributed by atoms with Crippen LogP contribution in [-0.4, -0.2) is 33.7 Å². The Bertz CT molecular complexity index is 597. The van der Waals surface area contributed by atoms with Crippen molar-refractivity contribution in [1.82, 2.24) is 0 Å². The standard InChI is InChI=1S/C12H11NO7/c14-10(15)6-12(11(16)17)3-4-20-9-2-1-7(13(18)19)5-8(9)12/h1-2,5H,3-4,6H2,(H,14,15)(H,16,17). The number of aliphatic carboxylic acids is 2. The Kier molecular flexibility index (Phi) is 3.31. The van der Waals surface area contributed by atoms with Crippen LogP contribution in [0.25, 0.3) is 0 Å². The Balaban J connectivity index is 2.63. The van der Waals surface area contributed by atoms with E-state index in [1.807, 2.05) is 0 Å². The Morgan fingerprint density at radius 3 is 2.65 bits per heavy atom. The van der Waals surface area contributed by atoms with Crippen LogP contribution >= 0.6 is 0 Å². The lowest BCUT2D eigenvalue weighted by Gasteiger charge is -2.33. The van der Waals surface area contributed by atoms with Gasteiger partial charge < -0.3 is 14.9 Å². The lowest BCUT2D eigenvalue weighted by atomic mass is 9.73. The highest BCUT2D eigenvalue weighted by Crippen LogP contribution is 2.43. The molecule has 1 aromatic carbocycles. The van der Waals surface area contributed by atoms with Gasteiger partial charge in [0.1, 0.15) is 11.2 Å². The van der Waals surface area contributed by atoms with Crippen LogP contribution in [0, 0.1) is 10.1 Å². The summed E-state index contributed by atoms with van der Waals surface area (Å²) in [5.74, 6) is -2.44. The predicted octanol–water partition coefficient (Wildman–Crippen LogP) is 1.17. The SMILES string of the molecule is O=C(O)CC1(C(=O)O)CCOc2ccc([N+](=O)[O-])cc21. The number of non-ortho nitro benzene ring substituents is 1. The van der Waals surface area contributed by atoms with Crippen molar-refractivity contribution >= 4 is 17.6 Å². The summed E-state index contributed by atoms with van der Waals surface area (Å²) in [5, 5.41) is 29.2. The maximum absolute atomic E-state index is 11.6. The number of nitro benzene ring substituents is 1. The molecule has 1 atom stereocenters. The number of nitro groups is 1. The first kappa shape index (κ1) is 13.8. The summed E-state index contributed by atoms with van der Waals surface area (Å²) in [5.41, 5.74) is -1.97. The molecule has 1 heterocycles. The average Bonchev–Trinajstić information content (AvgIpc) is 2.37. The van der Waals surface area contributed by atoms with E-state index in [1.54, 1.807) is 0 Å². The molecule has 0 saturated carbocycles. The van der Waals surface area contributed by atoms with E-state index in [-0.39, 0.29) is 30.0 Å². The zero-order chi connectivity index (χ0) is 14.9. The van der Waals surface area contributed by atoms with E-state index >= 15 is 0 Å². The first-order chi connectivity index (χ1) is 9.36. The molecule has 2 N–H and O–H groups in total. The number of carbonyl (C=O) groups is 2. The predicted molar refractivity (Wildman–Crippen MR) is 64.8 cm³/mol. The fourth-order valence-corrected chi connectivity index (χ4v) is 2.34. The quantitative estimate of drug-likeness (QED) is 0.626. The fourth-order valence-electron chi connectivity index (χ4n) is 2.34. The smallest absolute Gasteiger partial charge is 0.315 e. The molecule has 1 aliphatic heterocycles. The molecule has 1 aliphatic rings. The summed E-state index contributed by atoms with van der Waals surface area (Å²) in [6.45, 7) is 0.0460. The molecule has 0 fully saturated rings. The number of rotatable bonds is 4. The molecule has 1 aromatic rings. The number of ether oxygens (including phenoxy) is 1. The maximum atomic E-state index is 11.6. The van der Waals surface area contributed by atoms with Gasteiger partial charge in [0, 0.05) is 24.1 Å². The van der Waals surface area contributed by atoms with Gasteiger partial charge in [0.2, 0.25) is 0 Å². The van der Waals surface area contributed by atoms with E-state index in [0.29, 0.717) is 0 Å². The topological polar surface area (TPSA) is 127 Å². The van der Waals surface area contributed by atoms with Crippen molar-refractivity contribution in [3.05, 3.63) is 33.9 Å². The average molecular weight is 281 g/mol. The largest absolute Gasteiger partial charge is 0.493 e. The minimum Gasteiger partial charge on any atom is -0.493 e. The zero-order valence-electron chi connectivity index (χ0n) is 10.2. The molecule has 20 heavy (non-hydrogen) atoms. The highest BCUT2D eigenvalue weighted by Gasteiger charge is 2.47. The van der Waals surface area contributed by atoms with Crippen LogP contribution in [0.4, 0.5) is 5.69 Å². The Morgan fingerprint density at radius 1 is 1.40 bits per heavy atom. The lowest BCUT2D eigenvalue weighted by molar-refractivity contribution is -0.385. The number of hydrogen-bond donors (Lipinski definition) is 2. The number of carboxylic acid groups (broad SMARTS) is 2. The second-order valence-electron chi connectivity index (χ2n) is 4.49. The minimum absolute atomic E-state index is 0.0350. The first-order valence-electron chi connectivity index (χ1n) is 5.74. The van der Waals surface area contributed by atoms with Crippen LogP contribution in [0.3, 0.4) is 0 Å². The van der Waals surface area contributed by atoms with Crippen LogP contribution in [0.15, 0.2) is 18.2 Å². The molecule has 106 valence electrons. The summed E-state index contributed by atoms with van der Waals surface area (Å²) in [4.78, 5) is 32.7. The molecule has 0 saturated heterocycles. The van der Waals surface area contributed by atoms with Gasteiger partial charge in [0.05, 0.1) is 18.0 Å². The van der Waals surface area contributed by atoms with Crippen LogP contribution in [-0.2, 0) is 15.0 Å². The highest BCUT2D eigenvalue weighted by atomic mass is 16.6. The van der Waals surface area contributed by atoms with Gasteiger partial charge in [0.15, 0.2) is 0 Å². The monoisotopic (exact) mass is 281 g/mol. The zero-order valence-corrected chi connectivity index (χ0v) is 10.2. The summed E-state index contributed by atoms with van der Waals surface area (Å²) in [6.07, 6.45) is -0.706. The van der Waals surface area contributed by atoms with Crippen molar-refractivity contribution in [2.45, 2.75) is 18.3 Å². The van der Waals surface area contributed by atoms with E-state index in [2.05, 4.69) is 0 Å². The molecule has 8 nitrogen and oxygen atoms in total. The Hall–Kier alpha value is -2.64. The molecule has 0 aromatic heterocycles. The van der Waals surface area contributed by atoms with Gasteiger partial charge in [-0.05, 0) is 6.07 Å². The second kappa shape index (κ2) is 4.80. The Morgan fingerprint density at radius 2 is 2.10 bits per heavy atom. The molecule has 8 heteroatoms. The van der Waals surface area contributed by atoms with Gasteiger partial charge in [-0.15, -0.1) is 0 Å². The normalized spacial score (nSPS) is 20.6. The molecular weight excluding hydrogens is 270 g/mol. The summed E-state index contributed by atoms with van der Waals surface area (Å²) in [6, 6.07) is 3.56. The van der Waals surface area contributed by atoms with Crippen molar-refractivity contribution < 1.29 is 29.5 Å². The highest BCUT2D eigenvalue weighted by molar-refractivity contribution is 5.88. The third-order valence-electron chi connectivity index (χ3n) is 3.34. The minimum atomic E-state index is -1.70. The molecule has 0 aliphatic carbocycles. The molecule has 0 amide bonds. The first-order valence-corrected chi connectivity index (χ1v) is 5.74. The second-order valence-corrected chi connectivity index (χ2v) is 4.49. The van der Waals surface area contributed by atoms with Gasteiger partial charge >= 0.3 is 11.9 Å². The number of benzene rings is 1. The summed E-state index contributed by atoms with van der Waals surface area (Å²) in [7, 11) is 0. The number of carboxylic acids is 2. The van der Waals surface area contributed by atoms with E-state index in [4.69, 9.17) is 9.84 Å². The van der Waals surface area contributed by atoms with Gasteiger partial charge in [-0.1, -0.05) is 0 Å². The van der Waals surface area contributed by atoms with Gasteiger partial charge in [-0.2, -0.15) is 0 Å². The lowest BCUT2D eigenvalue weighted by Crippen LogP contribution is -2.42. The van der Waals surface area contributed by atoms with Crippen molar-refractivity contribution in [3.8, 4) is 5.75 Å². The number of hydrogen-bond acceptors (Lipinski definition) is 5. The molecule has 0 bridgehead atoms. The molecule has 1 unspecified atom stereocenters. The van der Waals surface area contributed by atoms with E-state index in [9.17, 15) is 24.8 Å².